The van der Waals surface area contributed by atoms with Gasteiger partial charge in [0.2, 0.25) is 0 Å². The number of hydrogen-bond acceptors (Lipinski definition) is 3. The summed E-state index contributed by atoms with van der Waals surface area (Å²) in [6, 6.07) is 20.3. The zero-order valence-electron chi connectivity index (χ0n) is 15.7. The molecule has 0 aliphatic rings. The molecule has 4 rings (SSSR count). The first-order chi connectivity index (χ1) is 14.1. The van der Waals surface area contributed by atoms with E-state index < -0.39 is 22.1 Å². The van der Waals surface area contributed by atoms with Crippen molar-refractivity contribution in [2.45, 2.75) is 18.2 Å². The van der Waals surface area contributed by atoms with Crippen molar-refractivity contribution in [3.63, 3.8) is 0 Å². The van der Waals surface area contributed by atoms with E-state index >= 15 is 0 Å². The monoisotopic (exact) mass is 431 g/mol. The SMILES string of the molecule is Cc1ccc(S(=O)(=O)n2c(-c3ccccc3)cc3cc(OC(F)(F)F)ccc32)cc1. The predicted octanol–water partition coefficient (Wildman–Crippen LogP) is 5.75. The molecule has 0 amide bonds. The molecule has 0 fully saturated rings. The zero-order chi connectivity index (χ0) is 21.5. The van der Waals surface area contributed by atoms with Crippen molar-refractivity contribution in [2.75, 3.05) is 0 Å². The molecule has 0 spiro atoms. The van der Waals surface area contributed by atoms with E-state index in [0.717, 1.165) is 15.6 Å². The lowest BCUT2D eigenvalue weighted by Crippen LogP contribution is -2.17. The molecule has 0 radical (unpaired) electrons. The molecular weight excluding hydrogens is 415 g/mol. The van der Waals surface area contributed by atoms with Crippen LogP contribution in [0.4, 0.5) is 13.2 Å². The highest BCUT2D eigenvalue weighted by molar-refractivity contribution is 7.90. The number of alkyl halides is 3. The predicted molar refractivity (Wildman–Crippen MR) is 108 cm³/mol. The number of benzene rings is 3. The van der Waals surface area contributed by atoms with Crippen molar-refractivity contribution in [3.05, 3.63) is 84.4 Å². The van der Waals surface area contributed by atoms with E-state index in [9.17, 15) is 21.6 Å². The molecule has 1 aromatic heterocycles. The molecule has 154 valence electrons. The first kappa shape index (κ1) is 20.0. The lowest BCUT2D eigenvalue weighted by Gasteiger charge is -2.13. The van der Waals surface area contributed by atoms with Gasteiger partial charge in [0.05, 0.1) is 16.1 Å². The summed E-state index contributed by atoms with van der Waals surface area (Å²) in [5.74, 6) is -0.417. The van der Waals surface area contributed by atoms with Crippen LogP contribution >= 0.6 is 0 Å². The Hall–Kier alpha value is -3.26. The van der Waals surface area contributed by atoms with E-state index in [0.29, 0.717) is 16.6 Å². The molecule has 8 heteroatoms. The number of halogens is 3. The fourth-order valence-electron chi connectivity index (χ4n) is 3.25. The molecule has 0 bridgehead atoms. The number of ether oxygens (including phenoxy) is 1. The Labute approximate surface area is 171 Å². The molecule has 0 saturated carbocycles. The van der Waals surface area contributed by atoms with Crippen LogP contribution in [0, 0.1) is 6.92 Å². The van der Waals surface area contributed by atoms with Crippen molar-refractivity contribution in [1.29, 1.82) is 0 Å². The second-order valence-corrected chi connectivity index (χ2v) is 8.53. The Morgan fingerprint density at radius 1 is 0.867 bits per heavy atom. The van der Waals surface area contributed by atoms with E-state index in [2.05, 4.69) is 4.74 Å². The molecule has 0 N–H and O–H groups in total. The van der Waals surface area contributed by atoms with Gasteiger partial charge in [0.25, 0.3) is 10.0 Å². The minimum absolute atomic E-state index is 0.0819. The number of hydrogen-bond donors (Lipinski definition) is 0. The molecule has 0 atom stereocenters. The molecule has 0 saturated heterocycles. The highest BCUT2D eigenvalue weighted by atomic mass is 32.2. The summed E-state index contributed by atoms with van der Waals surface area (Å²) in [4.78, 5) is 0.0819. The van der Waals surface area contributed by atoms with Gasteiger partial charge in [0.15, 0.2) is 0 Å². The summed E-state index contributed by atoms with van der Waals surface area (Å²) in [6.07, 6.45) is -4.84. The van der Waals surface area contributed by atoms with Crippen LogP contribution in [-0.2, 0) is 10.0 Å². The molecule has 0 aliphatic carbocycles. The molecule has 4 nitrogen and oxygen atoms in total. The third kappa shape index (κ3) is 3.78. The second-order valence-electron chi connectivity index (χ2n) is 6.75. The molecule has 4 aromatic rings. The minimum Gasteiger partial charge on any atom is -0.406 e. The van der Waals surface area contributed by atoms with Gasteiger partial charge in [-0.2, -0.15) is 0 Å². The summed E-state index contributed by atoms with van der Waals surface area (Å²) in [6.45, 7) is 1.85. The van der Waals surface area contributed by atoms with E-state index in [-0.39, 0.29) is 10.4 Å². The minimum atomic E-state index is -4.84. The largest absolute Gasteiger partial charge is 0.573 e. The Kier molecular flexibility index (Phi) is 4.82. The number of aromatic nitrogens is 1. The number of rotatable bonds is 4. The standard InChI is InChI=1S/C22H16F3NO3S/c1-15-7-10-19(11-8-15)30(27,28)26-20-12-9-18(29-22(23,24)25)13-17(20)14-21(26)16-5-3-2-4-6-16/h2-14H,1H3. The van der Waals surface area contributed by atoms with Crippen molar-refractivity contribution >= 4 is 20.9 Å². The van der Waals surface area contributed by atoms with Gasteiger partial charge in [-0.25, -0.2) is 12.4 Å². The number of nitrogens with zero attached hydrogens (tertiary/aromatic N) is 1. The third-order valence-electron chi connectivity index (χ3n) is 4.59. The fraction of sp³-hybridized carbons (Fsp3) is 0.0909. The van der Waals surface area contributed by atoms with Crippen LogP contribution in [0.5, 0.6) is 5.75 Å². The quantitative estimate of drug-likeness (QED) is 0.413. The Morgan fingerprint density at radius 2 is 1.53 bits per heavy atom. The summed E-state index contributed by atoms with van der Waals surface area (Å²) in [5.41, 5.74) is 2.12. The van der Waals surface area contributed by atoms with Crippen LogP contribution in [0.3, 0.4) is 0 Å². The second kappa shape index (κ2) is 7.21. The van der Waals surface area contributed by atoms with Crippen LogP contribution < -0.4 is 4.74 Å². The van der Waals surface area contributed by atoms with Gasteiger partial charge < -0.3 is 4.74 Å². The molecule has 3 aromatic carbocycles. The first-order valence-electron chi connectivity index (χ1n) is 8.94. The topological polar surface area (TPSA) is 48.3 Å². The lowest BCUT2D eigenvalue weighted by molar-refractivity contribution is -0.274. The first-order valence-corrected chi connectivity index (χ1v) is 10.4. The van der Waals surface area contributed by atoms with Crippen LogP contribution in [0.25, 0.3) is 22.2 Å². The highest BCUT2D eigenvalue weighted by Gasteiger charge is 2.31. The van der Waals surface area contributed by atoms with Gasteiger partial charge >= 0.3 is 6.36 Å². The zero-order valence-corrected chi connectivity index (χ0v) is 16.5. The maximum absolute atomic E-state index is 13.5. The van der Waals surface area contributed by atoms with Crippen LogP contribution in [-0.4, -0.2) is 18.8 Å². The molecular formula is C22H16F3NO3S. The van der Waals surface area contributed by atoms with Crippen molar-refractivity contribution in [2.24, 2.45) is 0 Å². The van der Waals surface area contributed by atoms with E-state index in [4.69, 9.17) is 0 Å². The van der Waals surface area contributed by atoms with Crippen LogP contribution in [0.15, 0.2) is 83.8 Å². The maximum atomic E-state index is 13.5. The smallest absolute Gasteiger partial charge is 0.406 e. The van der Waals surface area contributed by atoms with Crippen molar-refractivity contribution in [1.82, 2.24) is 3.97 Å². The average molecular weight is 431 g/mol. The summed E-state index contributed by atoms with van der Waals surface area (Å²) in [5, 5.41) is 0.311. The third-order valence-corrected chi connectivity index (χ3v) is 6.33. The summed E-state index contributed by atoms with van der Waals surface area (Å²) < 4.78 is 69.9. The van der Waals surface area contributed by atoms with Crippen molar-refractivity contribution in [3.8, 4) is 17.0 Å². The van der Waals surface area contributed by atoms with Gasteiger partial charge in [0.1, 0.15) is 5.75 Å². The average Bonchev–Trinajstić information content (AvgIpc) is 3.07. The molecule has 0 unspecified atom stereocenters. The van der Waals surface area contributed by atoms with E-state index in [1.807, 2.05) is 6.92 Å². The Bertz CT molecular complexity index is 1310. The number of aryl methyl sites for hydroxylation is 1. The Balaban J connectivity index is 1.97. The highest BCUT2D eigenvalue weighted by Crippen LogP contribution is 2.35. The maximum Gasteiger partial charge on any atom is 0.573 e. The summed E-state index contributed by atoms with van der Waals surface area (Å²) >= 11 is 0. The fourth-order valence-corrected chi connectivity index (χ4v) is 4.78. The van der Waals surface area contributed by atoms with Crippen molar-refractivity contribution < 1.29 is 26.3 Å². The molecule has 1 heterocycles. The molecule has 30 heavy (non-hydrogen) atoms. The lowest BCUT2D eigenvalue weighted by atomic mass is 10.1. The van der Waals surface area contributed by atoms with Crippen LogP contribution in [0.1, 0.15) is 5.56 Å². The molecule has 0 aliphatic heterocycles. The van der Waals surface area contributed by atoms with Gasteiger partial charge in [-0.1, -0.05) is 48.0 Å². The van der Waals surface area contributed by atoms with Gasteiger partial charge in [-0.05, 0) is 48.9 Å². The van der Waals surface area contributed by atoms with Gasteiger partial charge in [-0.3, -0.25) is 0 Å². The van der Waals surface area contributed by atoms with Gasteiger partial charge in [-0.15, -0.1) is 13.2 Å². The van der Waals surface area contributed by atoms with Gasteiger partial charge in [0, 0.05) is 5.39 Å². The normalized spacial score (nSPS) is 12.3. The van der Waals surface area contributed by atoms with E-state index in [1.165, 1.54) is 24.3 Å². The van der Waals surface area contributed by atoms with E-state index in [1.54, 1.807) is 48.5 Å². The summed E-state index contributed by atoms with van der Waals surface area (Å²) in [7, 11) is -4.01. The number of fused-ring (bicyclic) bond motifs is 1. The van der Waals surface area contributed by atoms with Crippen LogP contribution in [0.2, 0.25) is 0 Å². The Morgan fingerprint density at radius 3 is 2.17 bits per heavy atom.